The van der Waals surface area contributed by atoms with E-state index in [0.29, 0.717) is 24.7 Å². The van der Waals surface area contributed by atoms with E-state index in [1.54, 1.807) is 0 Å². The van der Waals surface area contributed by atoms with Crippen molar-refractivity contribution in [1.29, 1.82) is 0 Å². The van der Waals surface area contributed by atoms with Gasteiger partial charge in [-0.15, -0.1) is 0 Å². The van der Waals surface area contributed by atoms with Crippen molar-refractivity contribution in [1.82, 2.24) is 15.3 Å². The molecule has 0 saturated carbocycles. The number of nitrogens with two attached hydrogens (primary N) is 1. The lowest BCUT2D eigenvalue weighted by atomic mass is 10.5. The van der Waals surface area contributed by atoms with Crippen LogP contribution in [0.2, 0.25) is 0 Å². The number of carbonyl (C=O) groups excluding carboxylic acids is 1. The summed E-state index contributed by atoms with van der Waals surface area (Å²) in [5.41, 5.74) is 5.62. The Hall–Kier alpha value is -1.72. The quantitative estimate of drug-likeness (QED) is 0.505. The predicted octanol–water partition coefficient (Wildman–Crippen LogP) is -0.152. The number of H-pyrrole nitrogens is 1. The highest BCUT2D eigenvalue weighted by molar-refractivity contribution is 5.72. The molecule has 78 valence electrons. The highest BCUT2D eigenvalue weighted by Crippen LogP contribution is 2.12. The zero-order chi connectivity index (χ0) is 10.6. The number of rotatable bonds is 4. The molecule has 0 fully saturated rings. The second-order valence-electron chi connectivity index (χ2n) is 2.99. The molecule has 6 nitrogen and oxygen atoms in total. The molecule has 14 heavy (non-hydrogen) atoms. The van der Waals surface area contributed by atoms with Crippen LogP contribution in [0.5, 0.6) is 0 Å². The fraction of sp³-hybridized carbons (Fsp3) is 0.500. The molecule has 5 N–H and O–H groups in total. The average molecular weight is 197 g/mol. The van der Waals surface area contributed by atoms with Crippen LogP contribution in [-0.2, 0) is 4.79 Å². The van der Waals surface area contributed by atoms with Gasteiger partial charge >= 0.3 is 0 Å². The van der Waals surface area contributed by atoms with Crippen LogP contribution < -0.4 is 16.4 Å². The number of hydrogen-bond acceptors (Lipinski definition) is 4. The summed E-state index contributed by atoms with van der Waals surface area (Å²) in [4.78, 5) is 17.5. The molecular weight excluding hydrogens is 182 g/mol. The van der Waals surface area contributed by atoms with Gasteiger partial charge < -0.3 is 21.4 Å². The molecule has 0 aliphatic carbocycles. The van der Waals surface area contributed by atoms with Crippen molar-refractivity contribution in [3.8, 4) is 0 Å². The van der Waals surface area contributed by atoms with E-state index in [0.717, 1.165) is 5.82 Å². The van der Waals surface area contributed by atoms with Crippen molar-refractivity contribution in [3.63, 3.8) is 0 Å². The number of hydrogen-bond donors (Lipinski definition) is 4. The summed E-state index contributed by atoms with van der Waals surface area (Å²) >= 11 is 0. The van der Waals surface area contributed by atoms with E-state index < -0.39 is 0 Å². The molecule has 1 heterocycles. The summed E-state index contributed by atoms with van der Waals surface area (Å²) in [5, 5.41) is 5.67. The van der Waals surface area contributed by atoms with Crippen LogP contribution in [0.3, 0.4) is 0 Å². The molecule has 0 bridgehead atoms. The SMILES string of the molecule is CC(=O)NCCNc1nc(C)[nH]c1N. The third kappa shape index (κ3) is 2.96. The smallest absolute Gasteiger partial charge is 0.216 e. The molecule has 0 aliphatic heterocycles. The Balaban J connectivity index is 2.31. The minimum Gasteiger partial charge on any atom is -0.382 e. The molecule has 6 heteroatoms. The van der Waals surface area contributed by atoms with Crippen molar-refractivity contribution in [2.24, 2.45) is 0 Å². The maximum atomic E-state index is 10.5. The molecule has 0 aliphatic rings. The maximum absolute atomic E-state index is 10.5. The van der Waals surface area contributed by atoms with E-state index in [1.165, 1.54) is 6.92 Å². The Kier molecular flexibility index (Phi) is 3.33. The third-order valence-corrected chi connectivity index (χ3v) is 1.64. The maximum Gasteiger partial charge on any atom is 0.216 e. The number of aromatic amines is 1. The number of nitrogens with one attached hydrogen (secondary N) is 3. The van der Waals surface area contributed by atoms with Gasteiger partial charge in [0.05, 0.1) is 0 Å². The number of nitrogens with zero attached hydrogens (tertiary/aromatic N) is 1. The van der Waals surface area contributed by atoms with E-state index in [2.05, 4.69) is 20.6 Å². The van der Waals surface area contributed by atoms with Gasteiger partial charge in [-0.2, -0.15) is 0 Å². The van der Waals surface area contributed by atoms with Crippen LogP contribution in [0.1, 0.15) is 12.7 Å². The topological polar surface area (TPSA) is 95.8 Å². The fourth-order valence-electron chi connectivity index (χ4n) is 1.06. The summed E-state index contributed by atoms with van der Waals surface area (Å²) in [6.07, 6.45) is 0. The second-order valence-corrected chi connectivity index (χ2v) is 2.99. The average Bonchev–Trinajstić information content (AvgIpc) is 2.39. The lowest BCUT2D eigenvalue weighted by Crippen LogP contribution is -2.26. The largest absolute Gasteiger partial charge is 0.382 e. The molecule has 0 aromatic carbocycles. The van der Waals surface area contributed by atoms with Crippen LogP contribution in [0.15, 0.2) is 0 Å². The van der Waals surface area contributed by atoms with Crippen molar-refractivity contribution in [2.75, 3.05) is 24.1 Å². The predicted molar refractivity (Wildman–Crippen MR) is 54.9 cm³/mol. The summed E-state index contributed by atoms with van der Waals surface area (Å²) in [7, 11) is 0. The summed E-state index contributed by atoms with van der Waals surface area (Å²) in [6, 6.07) is 0. The van der Waals surface area contributed by atoms with Gasteiger partial charge in [-0.1, -0.05) is 0 Å². The van der Waals surface area contributed by atoms with Crippen molar-refractivity contribution in [3.05, 3.63) is 5.82 Å². The molecule has 0 radical (unpaired) electrons. The molecule has 0 saturated heterocycles. The first kappa shape index (κ1) is 10.4. The Morgan fingerprint density at radius 3 is 2.79 bits per heavy atom. The number of aromatic nitrogens is 2. The normalized spacial score (nSPS) is 9.86. The molecule has 1 aromatic heterocycles. The first-order valence-electron chi connectivity index (χ1n) is 4.40. The van der Waals surface area contributed by atoms with Crippen LogP contribution in [0, 0.1) is 6.92 Å². The van der Waals surface area contributed by atoms with Gasteiger partial charge in [0.25, 0.3) is 0 Å². The molecule has 0 unspecified atom stereocenters. The molecule has 0 spiro atoms. The third-order valence-electron chi connectivity index (χ3n) is 1.64. The Morgan fingerprint density at radius 1 is 1.57 bits per heavy atom. The van der Waals surface area contributed by atoms with Crippen LogP contribution in [-0.4, -0.2) is 29.0 Å². The summed E-state index contributed by atoms with van der Waals surface area (Å²) in [6.45, 7) is 4.47. The first-order chi connectivity index (χ1) is 6.59. The molecular formula is C8H15N5O. The standard InChI is InChI=1S/C8H15N5O/c1-5-12-7(9)8(13-5)11-4-3-10-6(2)14/h11H,3-4,9H2,1-2H3,(H,10,14)(H,12,13). The highest BCUT2D eigenvalue weighted by Gasteiger charge is 2.02. The van der Waals surface area contributed by atoms with Crippen molar-refractivity contribution >= 4 is 17.5 Å². The summed E-state index contributed by atoms with van der Waals surface area (Å²) in [5.74, 6) is 1.88. The lowest BCUT2D eigenvalue weighted by molar-refractivity contribution is -0.118. The molecule has 1 rings (SSSR count). The number of aryl methyl sites for hydroxylation is 1. The summed E-state index contributed by atoms with van der Waals surface area (Å²) < 4.78 is 0. The zero-order valence-corrected chi connectivity index (χ0v) is 8.35. The van der Waals surface area contributed by atoms with Gasteiger partial charge in [0.2, 0.25) is 5.91 Å². The minimum absolute atomic E-state index is 0.0435. The van der Waals surface area contributed by atoms with E-state index in [-0.39, 0.29) is 5.91 Å². The number of amides is 1. The second kappa shape index (κ2) is 4.50. The lowest BCUT2D eigenvalue weighted by Gasteiger charge is -2.03. The van der Waals surface area contributed by atoms with Crippen LogP contribution >= 0.6 is 0 Å². The van der Waals surface area contributed by atoms with Crippen molar-refractivity contribution in [2.45, 2.75) is 13.8 Å². The van der Waals surface area contributed by atoms with E-state index in [4.69, 9.17) is 5.73 Å². The Morgan fingerprint density at radius 2 is 2.29 bits per heavy atom. The van der Waals surface area contributed by atoms with Gasteiger partial charge in [-0.25, -0.2) is 4.98 Å². The van der Waals surface area contributed by atoms with Gasteiger partial charge in [0.15, 0.2) is 5.82 Å². The Labute approximate surface area is 82.3 Å². The number of anilines is 2. The van der Waals surface area contributed by atoms with E-state index in [1.807, 2.05) is 6.92 Å². The fourth-order valence-corrected chi connectivity index (χ4v) is 1.06. The highest BCUT2D eigenvalue weighted by atomic mass is 16.1. The molecule has 1 aromatic rings. The van der Waals surface area contributed by atoms with Gasteiger partial charge in [0, 0.05) is 20.0 Å². The van der Waals surface area contributed by atoms with Gasteiger partial charge in [0.1, 0.15) is 11.6 Å². The molecule has 1 amide bonds. The monoisotopic (exact) mass is 197 g/mol. The minimum atomic E-state index is -0.0435. The van der Waals surface area contributed by atoms with E-state index in [9.17, 15) is 4.79 Å². The number of nitrogen functional groups attached to an aromatic ring is 1. The van der Waals surface area contributed by atoms with E-state index >= 15 is 0 Å². The first-order valence-corrected chi connectivity index (χ1v) is 4.40. The number of carbonyl (C=O) groups is 1. The number of imidazole rings is 1. The van der Waals surface area contributed by atoms with Crippen LogP contribution in [0.4, 0.5) is 11.6 Å². The van der Waals surface area contributed by atoms with Gasteiger partial charge in [-0.05, 0) is 6.92 Å². The van der Waals surface area contributed by atoms with Crippen LogP contribution in [0.25, 0.3) is 0 Å². The zero-order valence-electron chi connectivity index (χ0n) is 8.35. The molecule has 0 atom stereocenters. The Bertz CT molecular complexity index is 320. The van der Waals surface area contributed by atoms with Crippen molar-refractivity contribution < 1.29 is 4.79 Å². The van der Waals surface area contributed by atoms with Gasteiger partial charge in [-0.3, -0.25) is 4.79 Å².